The molecule has 0 saturated heterocycles. The van der Waals surface area contributed by atoms with Crippen molar-refractivity contribution in [2.45, 2.75) is 5.03 Å². The van der Waals surface area contributed by atoms with Gasteiger partial charge in [0.15, 0.2) is 0 Å². The zero-order chi connectivity index (χ0) is 5.11. The molecule has 48 valence electrons. The first kappa shape index (κ1) is 12.6. The van der Waals surface area contributed by atoms with E-state index in [9.17, 15) is 0 Å². The average molecular weight is 219 g/mol. The quantitative estimate of drug-likeness (QED) is 0.469. The van der Waals surface area contributed by atoms with Gasteiger partial charge in [0.1, 0.15) is 0 Å². The number of thiol groups is 1. The van der Waals surface area contributed by atoms with Crippen LogP contribution in [-0.2, 0) is 0 Å². The minimum absolute atomic E-state index is 0. The Labute approximate surface area is 96.7 Å². The van der Waals surface area contributed by atoms with Gasteiger partial charge in [-0.2, -0.15) is 0 Å². The Morgan fingerprint density at radius 1 is 1.33 bits per heavy atom. The molecule has 4 heteroatoms. The normalized spacial score (nSPS) is 6.78. The molecule has 2 nitrogen and oxygen atoms in total. The Balaban J connectivity index is 0. The monoisotopic (exact) mass is 219 g/mol. The molecule has 0 aromatic carbocycles. The summed E-state index contributed by atoms with van der Waals surface area (Å²) in [6, 6.07) is 5.60. The van der Waals surface area contributed by atoms with E-state index < -0.39 is 0 Å². The predicted octanol–water partition coefficient (Wildman–Crippen LogP) is -0.371. The number of pyridine rings is 1. The molecule has 0 aliphatic carbocycles. The Bertz CT molecular complexity index is 147. The van der Waals surface area contributed by atoms with Crippen LogP contribution >= 0.6 is 12.6 Å². The molecule has 0 fully saturated rings. The van der Waals surface area contributed by atoms with E-state index in [1.54, 1.807) is 6.20 Å². The van der Waals surface area contributed by atoms with Crippen molar-refractivity contribution < 1.29 is 5.48 Å². The van der Waals surface area contributed by atoms with E-state index in [2.05, 4.69) is 17.6 Å². The molecular weight excluding hydrogens is 210 g/mol. The Morgan fingerprint density at radius 2 is 2.00 bits per heavy atom. The fourth-order valence-electron chi connectivity index (χ4n) is 0.354. The van der Waals surface area contributed by atoms with Crippen molar-refractivity contribution >= 4 is 58.1 Å². The molecule has 0 aliphatic rings. The SMILES string of the molecule is O.Sc1ccccn1.[SrH2]. The van der Waals surface area contributed by atoms with Crippen molar-refractivity contribution in [3.63, 3.8) is 0 Å². The van der Waals surface area contributed by atoms with Gasteiger partial charge >= 0.3 is 45.5 Å². The summed E-state index contributed by atoms with van der Waals surface area (Å²) >= 11 is 3.97. The second kappa shape index (κ2) is 7.05. The molecule has 0 aliphatic heterocycles. The van der Waals surface area contributed by atoms with Crippen molar-refractivity contribution in [3.05, 3.63) is 24.4 Å². The van der Waals surface area contributed by atoms with Crippen LogP contribution in [0.4, 0.5) is 0 Å². The van der Waals surface area contributed by atoms with Gasteiger partial charge in [-0.3, -0.25) is 4.98 Å². The van der Waals surface area contributed by atoms with Crippen LogP contribution in [0.2, 0.25) is 0 Å². The Kier molecular flexibility index (Phi) is 9.87. The zero-order valence-corrected chi connectivity index (χ0v) is 5.10. The predicted molar refractivity (Wildman–Crippen MR) is 43.6 cm³/mol. The van der Waals surface area contributed by atoms with Crippen LogP contribution in [0.1, 0.15) is 0 Å². The summed E-state index contributed by atoms with van der Waals surface area (Å²) in [5, 5.41) is 0.766. The molecule has 0 radical (unpaired) electrons. The first-order valence-corrected chi connectivity index (χ1v) is 2.44. The van der Waals surface area contributed by atoms with E-state index in [1.807, 2.05) is 18.2 Å². The molecule has 1 rings (SSSR count). The fraction of sp³-hybridized carbons (Fsp3) is 0. The number of hydrogen-bond donors (Lipinski definition) is 1. The third-order valence-corrected chi connectivity index (χ3v) is 0.914. The molecule has 1 aromatic rings. The molecular formula is C5H9NOSSr. The van der Waals surface area contributed by atoms with Gasteiger partial charge in [0, 0.05) is 6.20 Å². The Hall–Kier alpha value is 0.941. The van der Waals surface area contributed by atoms with E-state index in [1.165, 1.54) is 0 Å². The van der Waals surface area contributed by atoms with Gasteiger partial charge in [-0.15, -0.1) is 12.6 Å². The summed E-state index contributed by atoms with van der Waals surface area (Å²) in [5.41, 5.74) is 0. The van der Waals surface area contributed by atoms with E-state index in [0.29, 0.717) is 0 Å². The van der Waals surface area contributed by atoms with Crippen molar-refractivity contribution in [1.82, 2.24) is 4.98 Å². The van der Waals surface area contributed by atoms with Crippen LogP contribution in [-0.4, -0.2) is 55.9 Å². The van der Waals surface area contributed by atoms with E-state index in [0.717, 1.165) is 5.03 Å². The molecule has 2 N–H and O–H groups in total. The second-order valence-corrected chi connectivity index (χ2v) is 1.65. The molecule has 1 aromatic heterocycles. The maximum atomic E-state index is 3.97. The van der Waals surface area contributed by atoms with Gasteiger partial charge in [-0.05, 0) is 12.1 Å². The Morgan fingerprint density at radius 3 is 2.22 bits per heavy atom. The van der Waals surface area contributed by atoms with Crippen LogP contribution in [0.5, 0.6) is 0 Å². The number of hydrogen-bond acceptors (Lipinski definition) is 2. The number of rotatable bonds is 0. The minimum atomic E-state index is 0. The van der Waals surface area contributed by atoms with Crippen molar-refractivity contribution in [3.8, 4) is 0 Å². The van der Waals surface area contributed by atoms with Crippen molar-refractivity contribution in [2.75, 3.05) is 0 Å². The van der Waals surface area contributed by atoms with Crippen LogP contribution in [0, 0.1) is 0 Å². The molecule has 0 unspecified atom stereocenters. The van der Waals surface area contributed by atoms with E-state index in [-0.39, 0.29) is 51.0 Å². The number of aromatic nitrogens is 1. The summed E-state index contributed by atoms with van der Waals surface area (Å²) in [6.45, 7) is 0. The van der Waals surface area contributed by atoms with Gasteiger partial charge in [0.25, 0.3) is 0 Å². The number of nitrogens with zero attached hydrogens (tertiary/aromatic N) is 1. The van der Waals surface area contributed by atoms with Crippen LogP contribution in [0.15, 0.2) is 29.4 Å². The second-order valence-electron chi connectivity index (χ2n) is 1.19. The maximum absolute atomic E-state index is 3.97. The van der Waals surface area contributed by atoms with Gasteiger partial charge < -0.3 is 5.48 Å². The third kappa shape index (κ3) is 5.39. The first-order chi connectivity index (χ1) is 3.39. The summed E-state index contributed by atoms with van der Waals surface area (Å²) < 4.78 is 0. The summed E-state index contributed by atoms with van der Waals surface area (Å²) in [5.74, 6) is 0. The van der Waals surface area contributed by atoms with Gasteiger partial charge in [-0.25, -0.2) is 0 Å². The average Bonchev–Trinajstić information content (AvgIpc) is 1.69. The molecule has 9 heavy (non-hydrogen) atoms. The zero-order valence-electron chi connectivity index (χ0n) is 4.20. The molecule has 0 spiro atoms. The van der Waals surface area contributed by atoms with Gasteiger partial charge in [0.05, 0.1) is 5.03 Å². The third-order valence-electron chi connectivity index (χ3n) is 0.649. The standard InChI is InChI=1S/C5H5NS.H2O.Sr.2H/c7-5-3-1-2-4-6-5;;;;/h1-4H,(H,6,7);1H2;;;. The van der Waals surface area contributed by atoms with Crippen LogP contribution in [0.25, 0.3) is 0 Å². The molecule has 1 heterocycles. The van der Waals surface area contributed by atoms with Crippen LogP contribution in [0.3, 0.4) is 0 Å². The topological polar surface area (TPSA) is 44.4 Å². The molecule has 0 atom stereocenters. The van der Waals surface area contributed by atoms with Crippen molar-refractivity contribution in [1.29, 1.82) is 0 Å². The summed E-state index contributed by atoms with van der Waals surface area (Å²) in [6.07, 6.45) is 1.71. The van der Waals surface area contributed by atoms with E-state index >= 15 is 0 Å². The summed E-state index contributed by atoms with van der Waals surface area (Å²) in [7, 11) is 0. The fourth-order valence-corrected chi connectivity index (χ4v) is 0.506. The van der Waals surface area contributed by atoms with Gasteiger partial charge in [-0.1, -0.05) is 6.07 Å². The van der Waals surface area contributed by atoms with Crippen molar-refractivity contribution in [2.24, 2.45) is 0 Å². The van der Waals surface area contributed by atoms with Gasteiger partial charge in [0.2, 0.25) is 0 Å². The molecule has 0 saturated carbocycles. The van der Waals surface area contributed by atoms with Crippen LogP contribution < -0.4 is 0 Å². The molecule has 0 bridgehead atoms. The summed E-state index contributed by atoms with van der Waals surface area (Å²) in [4.78, 5) is 3.84. The van der Waals surface area contributed by atoms with E-state index in [4.69, 9.17) is 0 Å². The first-order valence-electron chi connectivity index (χ1n) is 1.99. The molecule has 0 amide bonds.